The summed E-state index contributed by atoms with van der Waals surface area (Å²) in [4.78, 5) is 21.0. The predicted molar refractivity (Wildman–Crippen MR) is 107 cm³/mol. The van der Waals surface area contributed by atoms with Crippen molar-refractivity contribution in [2.24, 2.45) is 0 Å². The first-order chi connectivity index (χ1) is 13.9. The van der Waals surface area contributed by atoms with Gasteiger partial charge in [-0.25, -0.2) is 4.98 Å². The quantitative estimate of drug-likeness (QED) is 0.583. The number of aromatic amines is 1. The molecule has 166 valence electrons. The number of aliphatic hydroxyl groups excluding tert-OH is 1. The molecule has 7 nitrogen and oxygen atoms in total. The Morgan fingerprint density at radius 1 is 1.30 bits per heavy atom. The molecule has 0 spiro atoms. The SMILES string of the molecule is CC([C@H](C)Nc1cc(C(C)(O)C(F)(F)F)nc2cc[nH]c(=O)c12)N1CCC(O)CC1. The second kappa shape index (κ2) is 8.16. The molecule has 0 saturated carbocycles. The summed E-state index contributed by atoms with van der Waals surface area (Å²) in [7, 11) is 0. The summed E-state index contributed by atoms with van der Waals surface area (Å²) in [5, 5.41) is 23.1. The average molecular weight is 428 g/mol. The number of nitrogens with zero attached hydrogens (tertiary/aromatic N) is 2. The summed E-state index contributed by atoms with van der Waals surface area (Å²) < 4.78 is 40.2. The molecule has 0 bridgehead atoms. The largest absolute Gasteiger partial charge is 0.422 e. The number of halogens is 3. The minimum atomic E-state index is -4.93. The van der Waals surface area contributed by atoms with Crippen molar-refractivity contribution in [3.8, 4) is 0 Å². The van der Waals surface area contributed by atoms with Crippen molar-refractivity contribution in [2.45, 2.75) is 63.6 Å². The third kappa shape index (κ3) is 4.30. The van der Waals surface area contributed by atoms with Gasteiger partial charge in [0.05, 0.1) is 28.4 Å². The number of aromatic nitrogens is 2. The van der Waals surface area contributed by atoms with Gasteiger partial charge in [-0.05, 0) is 45.7 Å². The van der Waals surface area contributed by atoms with E-state index in [1.165, 1.54) is 12.3 Å². The number of nitrogens with one attached hydrogen (secondary N) is 2. The van der Waals surface area contributed by atoms with Crippen molar-refractivity contribution < 1.29 is 23.4 Å². The summed E-state index contributed by atoms with van der Waals surface area (Å²) in [6.45, 7) is 5.92. The highest BCUT2D eigenvalue weighted by Gasteiger charge is 2.52. The van der Waals surface area contributed by atoms with Gasteiger partial charge in [0.1, 0.15) is 0 Å². The number of likely N-dealkylation sites (tertiary alicyclic amines) is 1. The van der Waals surface area contributed by atoms with Gasteiger partial charge in [-0.2, -0.15) is 13.2 Å². The number of hydrogen-bond donors (Lipinski definition) is 4. The molecule has 0 amide bonds. The van der Waals surface area contributed by atoms with Crippen LogP contribution < -0.4 is 10.9 Å². The van der Waals surface area contributed by atoms with Gasteiger partial charge >= 0.3 is 6.18 Å². The zero-order valence-electron chi connectivity index (χ0n) is 17.1. The molecule has 1 saturated heterocycles. The summed E-state index contributed by atoms with van der Waals surface area (Å²) in [5.74, 6) is 0. The number of alkyl halides is 3. The number of fused-ring (bicyclic) bond motifs is 1. The fraction of sp³-hybridized carbons (Fsp3) is 0.600. The van der Waals surface area contributed by atoms with E-state index in [0.29, 0.717) is 32.9 Å². The predicted octanol–water partition coefficient (Wildman–Crippen LogP) is 2.34. The lowest BCUT2D eigenvalue weighted by atomic mass is 9.98. The molecule has 30 heavy (non-hydrogen) atoms. The van der Waals surface area contributed by atoms with Gasteiger partial charge in [0.25, 0.3) is 5.56 Å². The van der Waals surface area contributed by atoms with Gasteiger partial charge in [0, 0.05) is 31.4 Å². The Kier molecular flexibility index (Phi) is 6.13. The molecule has 1 fully saturated rings. The van der Waals surface area contributed by atoms with Crippen LogP contribution in [-0.4, -0.2) is 62.5 Å². The van der Waals surface area contributed by atoms with Crippen molar-refractivity contribution in [1.82, 2.24) is 14.9 Å². The number of piperidine rings is 1. The maximum atomic E-state index is 13.4. The molecule has 2 aromatic heterocycles. The molecule has 1 aliphatic rings. The van der Waals surface area contributed by atoms with Crippen molar-refractivity contribution in [3.63, 3.8) is 0 Å². The van der Waals surface area contributed by atoms with Crippen LogP contribution in [0.5, 0.6) is 0 Å². The topological polar surface area (TPSA) is 101 Å². The molecule has 0 radical (unpaired) electrons. The van der Waals surface area contributed by atoms with Crippen LogP contribution in [0, 0.1) is 0 Å². The van der Waals surface area contributed by atoms with E-state index in [0.717, 1.165) is 6.07 Å². The Morgan fingerprint density at radius 3 is 2.53 bits per heavy atom. The fourth-order valence-corrected chi connectivity index (χ4v) is 3.68. The maximum absolute atomic E-state index is 13.4. The second-order valence-electron chi connectivity index (χ2n) is 8.13. The van der Waals surface area contributed by atoms with Crippen molar-refractivity contribution in [1.29, 1.82) is 0 Å². The standard InChI is InChI=1S/C20H27F3N4O3/c1-11(12(2)27-8-5-13(28)6-9-27)25-15-10-16(19(3,30)20(21,22)23)26-14-4-7-24-18(29)17(14)15/h4,7,10-13,28,30H,5-6,8-9H2,1-3H3,(H,24,29)(H,25,26)/t11-,12?,19?/m0/s1. The monoisotopic (exact) mass is 428 g/mol. The molecule has 1 aliphatic heterocycles. The molecule has 4 N–H and O–H groups in total. The minimum Gasteiger partial charge on any atom is -0.393 e. The number of rotatable bonds is 5. The Morgan fingerprint density at radius 2 is 1.93 bits per heavy atom. The van der Waals surface area contributed by atoms with Gasteiger partial charge in [0.2, 0.25) is 0 Å². The van der Waals surface area contributed by atoms with Crippen LogP contribution in [0.1, 0.15) is 39.3 Å². The fourth-order valence-electron chi connectivity index (χ4n) is 3.68. The van der Waals surface area contributed by atoms with E-state index in [4.69, 9.17) is 0 Å². The van der Waals surface area contributed by atoms with E-state index in [-0.39, 0.29) is 34.8 Å². The van der Waals surface area contributed by atoms with Crippen LogP contribution in [0.4, 0.5) is 18.9 Å². The average Bonchev–Trinajstić information content (AvgIpc) is 2.67. The third-order valence-electron chi connectivity index (χ3n) is 5.96. The van der Waals surface area contributed by atoms with E-state index in [1.54, 1.807) is 0 Å². The van der Waals surface area contributed by atoms with Crippen molar-refractivity contribution in [3.05, 3.63) is 34.4 Å². The van der Waals surface area contributed by atoms with Crippen LogP contribution in [-0.2, 0) is 5.60 Å². The highest BCUT2D eigenvalue weighted by molar-refractivity contribution is 5.90. The lowest BCUT2D eigenvalue weighted by molar-refractivity contribution is -0.260. The van der Waals surface area contributed by atoms with E-state index < -0.39 is 23.0 Å². The summed E-state index contributed by atoms with van der Waals surface area (Å²) in [5.41, 5.74) is -4.00. The van der Waals surface area contributed by atoms with E-state index in [2.05, 4.69) is 20.2 Å². The summed E-state index contributed by atoms with van der Waals surface area (Å²) in [6, 6.07) is 2.26. The zero-order valence-corrected chi connectivity index (χ0v) is 17.1. The Hall–Kier alpha value is -2.17. The van der Waals surface area contributed by atoms with Gasteiger partial charge < -0.3 is 20.5 Å². The molecule has 3 heterocycles. The molecule has 2 unspecified atom stereocenters. The molecule has 0 aliphatic carbocycles. The van der Waals surface area contributed by atoms with E-state index in [9.17, 15) is 28.2 Å². The normalized spacial score (nSPS) is 20.7. The van der Waals surface area contributed by atoms with Crippen LogP contribution in [0.15, 0.2) is 23.1 Å². The number of pyridine rings is 2. The molecule has 3 rings (SSSR count). The van der Waals surface area contributed by atoms with Crippen LogP contribution >= 0.6 is 0 Å². The van der Waals surface area contributed by atoms with Crippen molar-refractivity contribution >= 4 is 16.6 Å². The first-order valence-corrected chi connectivity index (χ1v) is 9.92. The first-order valence-electron chi connectivity index (χ1n) is 9.92. The van der Waals surface area contributed by atoms with E-state index in [1.807, 2.05) is 13.8 Å². The molecule has 2 aromatic rings. The zero-order chi connectivity index (χ0) is 22.3. The number of H-pyrrole nitrogens is 1. The Balaban J connectivity index is 1.98. The van der Waals surface area contributed by atoms with Gasteiger partial charge in [-0.1, -0.05) is 0 Å². The Bertz CT molecular complexity index is 952. The van der Waals surface area contributed by atoms with Gasteiger partial charge in [0.15, 0.2) is 5.60 Å². The van der Waals surface area contributed by atoms with Gasteiger partial charge in [-0.15, -0.1) is 0 Å². The number of aliphatic hydroxyl groups is 2. The van der Waals surface area contributed by atoms with Crippen molar-refractivity contribution in [2.75, 3.05) is 18.4 Å². The minimum absolute atomic E-state index is 0.00455. The lowest BCUT2D eigenvalue weighted by Gasteiger charge is -2.38. The van der Waals surface area contributed by atoms with Crippen LogP contribution in [0.3, 0.4) is 0 Å². The summed E-state index contributed by atoms with van der Waals surface area (Å²) >= 11 is 0. The maximum Gasteiger partial charge on any atom is 0.422 e. The molecule has 10 heteroatoms. The first kappa shape index (κ1) is 22.5. The Labute approximate surface area is 171 Å². The third-order valence-corrected chi connectivity index (χ3v) is 5.96. The van der Waals surface area contributed by atoms with Gasteiger partial charge in [-0.3, -0.25) is 9.69 Å². The highest BCUT2D eigenvalue weighted by Crippen LogP contribution is 2.39. The second-order valence-corrected chi connectivity index (χ2v) is 8.13. The van der Waals surface area contributed by atoms with E-state index >= 15 is 0 Å². The highest BCUT2D eigenvalue weighted by atomic mass is 19.4. The number of anilines is 1. The van der Waals surface area contributed by atoms with Crippen LogP contribution in [0.2, 0.25) is 0 Å². The molecule has 0 aromatic carbocycles. The molecule has 3 atom stereocenters. The lowest BCUT2D eigenvalue weighted by Crippen LogP contribution is -2.48. The van der Waals surface area contributed by atoms with Crippen LogP contribution in [0.25, 0.3) is 10.9 Å². The molecular formula is C20H27F3N4O3. The number of hydrogen-bond acceptors (Lipinski definition) is 6. The smallest absolute Gasteiger partial charge is 0.393 e. The summed E-state index contributed by atoms with van der Waals surface area (Å²) in [6.07, 6.45) is -2.62. The molecular weight excluding hydrogens is 401 g/mol.